The number of fused-ring (bicyclic) bond motifs is 6. The number of nitrogens with zero attached hydrogens (tertiary/aromatic N) is 4. The van der Waals surface area contributed by atoms with E-state index in [2.05, 4.69) is 131 Å². The number of anilines is 2. The van der Waals surface area contributed by atoms with Crippen LogP contribution in [0.2, 0.25) is 0 Å². The largest absolute Gasteiger partial charge is 0.335 e. The minimum Gasteiger partial charge on any atom is -0.335 e. The van der Waals surface area contributed by atoms with Gasteiger partial charge in [-0.25, -0.2) is 4.98 Å². The van der Waals surface area contributed by atoms with Gasteiger partial charge in [0.15, 0.2) is 0 Å². The highest BCUT2D eigenvalue weighted by Crippen LogP contribution is 2.46. The first kappa shape index (κ1) is 24.2. The van der Waals surface area contributed by atoms with Crippen LogP contribution in [0.5, 0.6) is 0 Å². The van der Waals surface area contributed by atoms with E-state index in [1.807, 2.05) is 24.4 Å². The maximum Gasteiger partial charge on any atom is 0.0972 e. The van der Waals surface area contributed by atoms with E-state index in [4.69, 9.17) is 4.98 Å². The maximum absolute atomic E-state index is 5.03. The molecule has 7 aromatic rings. The lowest BCUT2D eigenvalue weighted by Gasteiger charge is -2.34. The number of aromatic nitrogens is 2. The van der Waals surface area contributed by atoms with Crippen LogP contribution in [0.15, 0.2) is 139 Å². The highest BCUT2D eigenvalue weighted by atomic mass is 15.2. The van der Waals surface area contributed by atoms with Crippen molar-refractivity contribution in [3.8, 4) is 33.5 Å². The Morgan fingerprint density at radius 1 is 0.595 bits per heavy atom. The summed E-state index contributed by atoms with van der Waals surface area (Å²) in [4.78, 5) is 16.3. The molecule has 0 unspecified atom stereocenters. The molecule has 0 saturated carbocycles. The second kappa shape index (κ2) is 9.79. The molecule has 198 valence electrons. The molecule has 0 N–H and O–H groups in total. The van der Waals surface area contributed by atoms with Gasteiger partial charge in [-0.2, -0.15) is 0 Å². The molecule has 0 radical (unpaired) electrons. The number of hydrogen-bond donors (Lipinski definition) is 0. The second-order valence-electron chi connectivity index (χ2n) is 10.6. The minimum atomic E-state index is 0.773. The minimum absolute atomic E-state index is 0.773. The van der Waals surface area contributed by atoms with E-state index < -0.39 is 0 Å². The first-order valence-corrected chi connectivity index (χ1v) is 14.1. The predicted molar refractivity (Wildman–Crippen MR) is 175 cm³/mol. The Morgan fingerprint density at radius 3 is 2.21 bits per heavy atom. The van der Waals surface area contributed by atoms with Gasteiger partial charge in [-0.15, -0.1) is 0 Å². The number of aliphatic imine (C=N–C) groups is 1. The van der Waals surface area contributed by atoms with Gasteiger partial charge in [-0.05, 0) is 59.3 Å². The van der Waals surface area contributed by atoms with Crippen molar-refractivity contribution in [1.29, 1.82) is 0 Å². The number of rotatable bonds is 4. The van der Waals surface area contributed by atoms with Crippen molar-refractivity contribution in [1.82, 2.24) is 9.97 Å². The van der Waals surface area contributed by atoms with Gasteiger partial charge in [-0.1, -0.05) is 97.1 Å². The van der Waals surface area contributed by atoms with Crippen LogP contribution in [0.3, 0.4) is 0 Å². The standard InChI is InChI=1S/C38H26N4/c1-39-34-10-4-5-11-35(34)42-24-30-7-2-3-9-31(30)32-20-18-29(23-36(32)42)25-12-14-26(15-13-25)33-21-19-28-17-16-27-8-6-22-40-37(27)38(28)41-33/h2-23H,1,24H2. The molecule has 0 atom stereocenters. The van der Waals surface area contributed by atoms with Crippen LogP contribution < -0.4 is 4.90 Å². The highest BCUT2D eigenvalue weighted by molar-refractivity contribution is 6.03. The molecule has 8 rings (SSSR count). The molecule has 4 nitrogen and oxygen atoms in total. The summed E-state index contributed by atoms with van der Waals surface area (Å²) < 4.78 is 0. The molecular weight excluding hydrogens is 512 g/mol. The van der Waals surface area contributed by atoms with E-state index in [1.54, 1.807) is 0 Å². The summed E-state index contributed by atoms with van der Waals surface area (Å²) in [6.45, 7) is 4.60. The summed E-state index contributed by atoms with van der Waals surface area (Å²) in [6, 6.07) is 44.8. The molecule has 4 heteroatoms. The van der Waals surface area contributed by atoms with Crippen molar-refractivity contribution in [3.63, 3.8) is 0 Å². The average Bonchev–Trinajstić information content (AvgIpc) is 3.07. The molecule has 0 fully saturated rings. The van der Waals surface area contributed by atoms with Gasteiger partial charge in [0, 0.05) is 34.6 Å². The summed E-state index contributed by atoms with van der Waals surface area (Å²) in [5.74, 6) is 0. The van der Waals surface area contributed by atoms with E-state index in [9.17, 15) is 0 Å². The van der Waals surface area contributed by atoms with Crippen molar-refractivity contribution in [2.75, 3.05) is 4.90 Å². The van der Waals surface area contributed by atoms with Crippen molar-refractivity contribution in [2.24, 2.45) is 4.99 Å². The van der Waals surface area contributed by atoms with Crippen LogP contribution in [0.4, 0.5) is 17.1 Å². The lowest BCUT2D eigenvalue weighted by Crippen LogP contribution is -2.21. The second-order valence-corrected chi connectivity index (χ2v) is 10.6. The molecule has 0 aliphatic carbocycles. The van der Waals surface area contributed by atoms with Crippen molar-refractivity contribution >= 4 is 45.6 Å². The molecule has 2 aromatic heterocycles. The topological polar surface area (TPSA) is 41.4 Å². The van der Waals surface area contributed by atoms with Crippen molar-refractivity contribution < 1.29 is 0 Å². The molecule has 1 aliphatic heterocycles. The van der Waals surface area contributed by atoms with E-state index >= 15 is 0 Å². The molecule has 0 spiro atoms. The van der Waals surface area contributed by atoms with Crippen LogP contribution in [0, 0.1) is 0 Å². The third kappa shape index (κ3) is 3.96. The lowest BCUT2D eigenvalue weighted by atomic mass is 9.90. The Labute approximate surface area is 244 Å². The Bertz CT molecular complexity index is 2150. The molecule has 42 heavy (non-hydrogen) atoms. The first-order valence-electron chi connectivity index (χ1n) is 14.1. The number of hydrogen-bond acceptors (Lipinski definition) is 4. The Hall–Kier alpha value is -5.61. The van der Waals surface area contributed by atoms with Crippen LogP contribution in [-0.4, -0.2) is 16.7 Å². The van der Waals surface area contributed by atoms with Gasteiger partial charge in [0.25, 0.3) is 0 Å². The lowest BCUT2D eigenvalue weighted by molar-refractivity contribution is 0.961. The Morgan fingerprint density at radius 2 is 1.33 bits per heavy atom. The summed E-state index contributed by atoms with van der Waals surface area (Å²) >= 11 is 0. The molecule has 1 aliphatic rings. The molecule has 5 aromatic carbocycles. The van der Waals surface area contributed by atoms with Crippen LogP contribution in [0.25, 0.3) is 55.3 Å². The smallest absolute Gasteiger partial charge is 0.0972 e. The van der Waals surface area contributed by atoms with Gasteiger partial charge in [-0.3, -0.25) is 9.98 Å². The molecule has 0 bridgehead atoms. The van der Waals surface area contributed by atoms with E-state index in [0.29, 0.717) is 0 Å². The van der Waals surface area contributed by atoms with E-state index in [0.717, 1.165) is 62.1 Å². The SMILES string of the molecule is C=Nc1ccccc1N1Cc2ccccc2-c2ccc(-c3ccc(-c4ccc5ccc6cccnc6c5n4)cc3)cc21. The molecule has 0 saturated heterocycles. The zero-order valence-electron chi connectivity index (χ0n) is 22.9. The third-order valence-corrected chi connectivity index (χ3v) is 8.21. The zero-order valence-corrected chi connectivity index (χ0v) is 22.9. The average molecular weight is 539 g/mol. The van der Waals surface area contributed by atoms with Crippen molar-refractivity contribution in [3.05, 3.63) is 139 Å². The van der Waals surface area contributed by atoms with Crippen LogP contribution in [0.1, 0.15) is 5.56 Å². The zero-order chi connectivity index (χ0) is 28.0. The highest BCUT2D eigenvalue weighted by Gasteiger charge is 2.25. The third-order valence-electron chi connectivity index (χ3n) is 8.21. The van der Waals surface area contributed by atoms with Gasteiger partial charge in [0.1, 0.15) is 0 Å². The van der Waals surface area contributed by atoms with Gasteiger partial charge >= 0.3 is 0 Å². The van der Waals surface area contributed by atoms with E-state index in [1.165, 1.54) is 22.4 Å². The fourth-order valence-corrected chi connectivity index (χ4v) is 6.10. The summed E-state index contributed by atoms with van der Waals surface area (Å²) in [5.41, 5.74) is 13.1. The predicted octanol–water partition coefficient (Wildman–Crippen LogP) is 9.77. The van der Waals surface area contributed by atoms with Gasteiger partial charge < -0.3 is 4.90 Å². The fraction of sp³-hybridized carbons (Fsp3) is 0.0263. The summed E-state index contributed by atoms with van der Waals surface area (Å²) in [6.07, 6.45) is 1.83. The molecule has 0 amide bonds. The van der Waals surface area contributed by atoms with Gasteiger partial charge in [0.2, 0.25) is 0 Å². The van der Waals surface area contributed by atoms with Crippen LogP contribution >= 0.6 is 0 Å². The summed E-state index contributed by atoms with van der Waals surface area (Å²) in [7, 11) is 0. The fourth-order valence-electron chi connectivity index (χ4n) is 6.10. The Balaban J connectivity index is 1.20. The van der Waals surface area contributed by atoms with Crippen LogP contribution in [-0.2, 0) is 6.54 Å². The first-order chi connectivity index (χ1) is 20.8. The Kier molecular flexibility index (Phi) is 5.64. The monoisotopic (exact) mass is 538 g/mol. The normalized spacial score (nSPS) is 12.2. The summed E-state index contributed by atoms with van der Waals surface area (Å²) in [5, 5.41) is 2.19. The quantitative estimate of drug-likeness (QED) is 0.165. The molecule has 3 heterocycles. The van der Waals surface area contributed by atoms with Crippen molar-refractivity contribution in [2.45, 2.75) is 6.54 Å². The van der Waals surface area contributed by atoms with Gasteiger partial charge in [0.05, 0.1) is 33.8 Å². The maximum atomic E-state index is 5.03. The van der Waals surface area contributed by atoms with E-state index in [-0.39, 0.29) is 0 Å². The number of para-hydroxylation sites is 2. The molecular formula is C38H26N4. The number of pyridine rings is 2. The number of benzene rings is 5.